The summed E-state index contributed by atoms with van der Waals surface area (Å²) in [6.45, 7) is 1.21. The van der Waals surface area contributed by atoms with Gasteiger partial charge in [0.2, 0.25) is 11.8 Å². The first kappa shape index (κ1) is 20.5. The average Bonchev–Trinajstić information content (AvgIpc) is 3.32. The topological polar surface area (TPSA) is 49.9 Å². The van der Waals surface area contributed by atoms with Crippen molar-refractivity contribution >= 4 is 11.8 Å². The Balaban J connectivity index is 1.67. The molecule has 158 valence electrons. The molecule has 1 saturated heterocycles. The molecule has 0 aromatic heterocycles. The summed E-state index contributed by atoms with van der Waals surface area (Å²) < 4.78 is 5.57. The fourth-order valence-electron chi connectivity index (χ4n) is 4.82. The number of amides is 2. The van der Waals surface area contributed by atoms with Crippen LogP contribution in [-0.4, -0.2) is 54.9 Å². The van der Waals surface area contributed by atoms with Crippen LogP contribution in [0.3, 0.4) is 0 Å². The first-order chi connectivity index (χ1) is 14.6. The summed E-state index contributed by atoms with van der Waals surface area (Å²) in [6, 6.07) is 15.6. The fraction of sp³-hybridized carbons (Fsp3) is 0.440. The van der Waals surface area contributed by atoms with E-state index in [2.05, 4.69) is 12.1 Å². The third-order valence-electron chi connectivity index (χ3n) is 6.53. The van der Waals surface area contributed by atoms with Crippen molar-refractivity contribution in [2.45, 2.75) is 38.1 Å². The molecule has 2 aromatic carbocycles. The molecular formula is C25H30N2O3. The molecule has 0 bridgehead atoms. The number of benzene rings is 2. The lowest BCUT2D eigenvalue weighted by atomic mass is 9.92. The van der Waals surface area contributed by atoms with Gasteiger partial charge in [-0.25, -0.2) is 0 Å². The van der Waals surface area contributed by atoms with E-state index in [0.717, 1.165) is 48.1 Å². The van der Waals surface area contributed by atoms with Crippen molar-refractivity contribution in [3.8, 4) is 16.9 Å². The lowest BCUT2D eigenvalue weighted by Crippen LogP contribution is -2.59. The molecule has 1 heterocycles. The van der Waals surface area contributed by atoms with Crippen LogP contribution < -0.4 is 4.74 Å². The molecule has 5 heteroatoms. The van der Waals surface area contributed by atoms with Crippen molar-refractivity contribution in [1.29, 1.82) is 0 Å². The van der Waals surface area contributed by atoms with E-state index in [9.17, 15) is 9.59 Å². The maximum absolute atomic E-state index is 13.2. The summed E-state index contributed by atoms with van der Waals surface area (Å²) in [5.74, 6) is 1.07. The average molecular weight is 407 g/mol. The summed E-state index contributed by atoms with van der Waals surface area (Å²) in [7, 11) is 3.50. The van der Waals surface area contributed by atoms with Crippen molar-refractivity contribution < 1.29 is 14.3 Å². The molecule has 1 saturated carbocycles. The van der Waals surface area contributed by atoms with Gasteiger partial charge in [-0.1, -0.05) is 55.3 Å². The number of piperazine rings is 1. The van der Waals surface area contributed by atoms with Crippen LogP contribution in [0.15, 0.2) is 48.5 Å². The van der Waals surface area contributed by atoms with Gasteiger partial charge in [-0.3, -0.25) is 9.59 Å². The highest BCUT2D eigenvalue weighted by Gasteiger charge is 2.39. The molecule has 2 aliphatic rings. The highest BCUT2D eigenvalue weighted by atomic mass is 16.5. The third-order valence-corrected chi connectivity index (χ3v) is 6.53. The highest BCUT2D eigenvalue weighted by molar-refractivity contribution is 5.90. The van der Waals surface area contributed by atoms with Crippen molar-refractivity contribution in [3.63, 3.8) is 0 Å². The van der Waals surface area contributed by atoms with Crippen LogP contribution in [0.4, 0.5) is 0 Å². The number of para-hydroxylation sites is 1. The van der Waals surface area contributed by atoms with Crippen LogP contribution in [0.2, 0.25) is 0 Å². The van der Waals surface area contributed by atoms with E-state index >= 15 is 0 Å². The lowest BCUT2D eigenvalue weighted by Gasteiger charge is -2.40. The number of carbonyl (C=O) groups excluding carboxylic acids is 2. The van der Waals surface area contributed by atoms with Gasteiger partial charge >= 0.3 is 0 Å². The predicted octanol–water partition coefficient (Wildman–Crippen LogP) is 3.76. The van der Waals surface area contributed by atoms with Gasteiger partial charge in [-0.15, -0.1) is 0 Å². The zero-order valence-electron chi connectivity index (χ0n) is 17.8. The second kappa shape index (κ2) is 8.90. The molecule has 0 spiro atoms. The molecule has 1 aliphatic heterocycles. The molecule has 0 N–H and O–H groups in total. The SMILES string of the molecule is COc1ccccc1-c1ccccc1C[C@@H]1C(=O)N(C)CCN1C(=O)C1CCCC1. The van der Waals surface area contributed by atoms with E-state index in [1.54, 1.807) is 12.0 Å². The Bertz CT molecular complexity index is 920. The first-order valence-corrected chi connectivity index (χ1v) is 10.9. The second-order valence-electron chi connectivity index (χ2n) is 8.35. The molecular weight excluding hydrogens is 376 g/mol. The van der Waals surface area contributed by atoms with E-state index in [-0.39, 0.29) is 17.7 Å². The number of likely N-dealkylation sites (N-methyl/N-ethyl adjacent to an activating group) is 1. The quantitative estimate of drug-likeness (QED) is 0.760. The van der Waals surface area contributed by atoms with Crippen molar-refractivity contribution in [3.05, 3.63) is 54.1 Å². The maximum atomic E-state index is 13.2. The minimum absolute atomic E-state index is 0.0300. The number of hydrogen-bond donors (Lipinski definition) is 0. The van der Waals surface area contributed by atoms with E-state index in [1.165, 1.54) is 0 Å². The van der Waals surface area contributed by atoms with Gasteiger partial charge in [0.15, 0.2) is 0 Å². The number of hydrogen-bond acceptors (Lipinski definition) is 3. The van der Waals surface area contributed by atoms with Crippen LogP contribution in [0.5, 0.6) is 5.75 Å². The van der Waals surface area contributed by atoms with Gasteiger partial charge in [0, 0.05) is 38.0 Å². The Labute approximate surface area is 178 Å². The van der Waals surface area contributed by atoms with Crippen LogP contribution in [-0.2, 0) is 16.0 Å². The van der Waals surface area contributed by atoms with Gasteiger partial charge in [-0.2, -0.15) is 0 Å². The third kappa shape index (κ3) is 3.93. The number of ether oxygens (including phenoxy) is 1. The van der Waals surface area contributed by atoms with Gasteiger partial charge in [0.1, 0.15) is 11.8 Å². The van der Waals surface area contributed by atoms with Gasteiger partial charge in [0.25, 0.3) is 0 Å². The van der Waals surface area contributed by atoms with Crippen molar-refractivity contribution in [2.24, 2.45) is 5.92 Å². The van der Waals surface area contributed by atoms with Crippen LogP contribution in [0, 0.1) is 5.92 Å². The Morgan fingerprint density at radius 1 is 1.00 bits per heavy atom. The monoisotopic (exact) mass is 406 g/mol. The van der Waals surface area contributed by atoms with Crippen LogP contribution >= 0.6 is 0 Å². The van der Waals surface area contributed by atoms with Crippen molar-refractivity contribution in [1.82, 2.24) is 9.80 Å². The molecule has 0 unspecified atom stereocenters. The number of nitrogens with zero attached hydrogens (tertiary/aromatic N) is 2. The van der Waals surface area contributed by atoms with Gasteiger partial charge in [-0.05, 0) is 30.0 Å². The molecule has 0 radical (unpaired) electrons. The van der Waals surface area contributed by atoms with Crippen LogP contribution in [0.25, 0.3) is 11.1 Å². The number of rotatable bonds is 5. The summed E-state index contributed by atoms with van der Waals surface area (Å²) in [6.07, 6.45) is 4.63. The molecule has 4 rings (SSSR count). The zero-order valence-corrected chi connectivity index (χ0v) is 17.8. The first-order valence-electron chi connectivity index (χ1n) is 10.9. The molecule has 1 aliphatic carbocycles. The van der Waals surface area contributed by atoms with E-state index in [1.807, 2.05) is 48.3 Å². The summed E-state index contributed by atoms with van der Waals surface area (Å²) in [4.78, 5) is 30.0. The summed E-state index contributed by atoms with van der Waals surface area (Å²) >= 11 is 0. The largest absolute Gasteiger partial charge is 0.496 e. The fourth-order valence-corrected chi connectivity index (χ4v) is 4.82. The Hall–Kier alpha value is -2.82. The summed E-state index contributed by atoms with van der Waals surface area (Å²) in [5.41, 5.74) is 3.10. The zero-order chi connectivity index (χ0) is 21.1. The van der Waals surface area contributed by atoms with Crippen LogP contribution in [0.1, 0.15) is 31.2 Å². The maximum Gasteiger partial charge on any atom is 0.245 e. The molecule has 30 heavy (non-hydrogen) atoms. The van der Waals surface area contributed by atoms with E-state index < -0.39 is 6.04 Å². The second-order valence-corrected chi connectivity index (χ2v) is 8.35. The van der Waals surface area contributed by atoms with Gasteiger partial charge in [0.05, 0.1) is 7.11 Å². The Morgan fingerprint density at radius 2 is 1.67 bits per heavy atom. The minimum atomic E-state index is -0.451. The molecule has 2 fully saturated rings. The van der Waals surface area contributed by atoms with Gasteiger partial charge < -0.3 is 14.5 Å². The molecule has 2 aromatic rings. The minimum Gasteiger partial charge on any atom is -0.496 e. The number of methoxy groups -OCH3 is 1. The normalized spacial score (nSPS) is 19.9. The Morgan fingerprint density at radius 3 is 2.40 bits per heavy atom. The smallest absolute Gasteiger partial charge is 0.245 e. The highest BCUT2D eigenvalue weighted by Crippen LogP contribution is 2.34. The predicted molar refractivity (Wildman–Crippen MR) is 117 cm³/mol. The van der Waals surface area contributed by atoms with E-state index in [4.69, 9.17) is 4.74 Å². The van der Waals surface area contributed by atoms with Crippen molar-refractivity contribution in [2.75, 3.05) is 27.2 Å². The standard InChI is InChI=1S/C25H30N2O3/c1-26-15-16-27(24(28)18-9-3-4-10-18)22(25(26)29)17-19-11-5-6-12-20(19)21-13-7-8-14-23(21)30-2/h5-8,11-14,18,22H,3-4,9-10,15-17H2,1-2H3/t22-/m1/s1. The molecule has 1 atom stereocenters. The molecule has 2 amide bonds. The lowest BCUT2D eigenvalue weighted by molar-refractivity contribution is -0.152. The molecule has 5 nitrogen and oxygen atoms in total. The summed E-state index contributed by atoms with van der Waals surface area (Å²) in [5, 5.41) is 0. The number of carbonyl (C=O) groups is 2. The van der Waals surface area contributed by atoms with E-state index in [0.29, 0.717) is 19.5 Å². The Kier molecular flexibility index (Phi) is 6.07.